The molecule has 0 aliphatic rings. The molecular formula is C21H18N4O3. The van der Waals surface area contributed by atoms with Crippen LogP contribution in [-0.2, 0) is 4.79 Å². The van der Waals surface area contributed by atoms with E-state index >= 15 is 0 Å². The van der Waals surface area contributed by atoms with Gasteiger partial charge in [-0.2, -0.15) is 10.4 Å². The second-order valence-electron chi connectivity index (χ2n) is 5.97. The average Bonchev–Trinajstić information content (AvgIpc) is 3.15. The average molecular weight is 374 g/mol. The van der Waals surface area contributed by atoms with E-state index in [1.807, 2.05) is 36.4 Å². The Morgan fingerprint density at radius 3 is 2.46 bits per heavy atom. The van der Waals surface area contributed by atoms with E-state index in [1.165, 1.54) is 10.9 Å². The Kier molecular flexibility index (Phi) is 5.82. The highest BCUT2D eigenvalue weighted by atomic mass is 16.5. The molecule has 7 heteroatoms. The van der Waals surface area contributed by atoms with Crippen molar-refractivity contribution in [2.75, 3.05) is 12.4 Å². The predicted molar refractivity (Wildman–Crippen MR) is 103 cm³/mol. The molecule has 28 heavy (non-hydrogen) atoms. The van der Waals surface area contributed by atoms with Crippen LogP contribution in [0, 0.1) is 11.3 Å². The smallest absolute Gasteiger partial charge is 0.226 e. The van der Waals surface area contributed by atoms with E-state index in [2.05, 4.69) is 10.4 Å². The molecule has 0 radical (unpaired) electrons. The topological polar surface area (TPSA) is 97.0 Å². The fourth-order valence-corrected chi connectivity index (χ4v) is 2.66. The Morgan fingerprint density at radius 2 is 1.82 bits per heavy atom. The van der Waals surface area contributed by atoms with Crippen molar-refractivity contribution >= 4 is 17.5 Å². The SMILES string of the molecule is COc1ccc(C(=O)CCC(=O)Nc2c(C#N)cnn2-c2ccccc2)cc1. The van der Waals surface area contributed by atoms with E-state index in [1.54, 1.807) is 31.4 Å². The first-order valence-electron chi connectivity index (χ1n) is 8.63. The molecular weight excluding hydrogens is 356 g/mol. The lowest BCUT2D eigenvalue weighted by Crippen LogP contribution is -2.17. The number of para-hydroxylation sites is 1. The van der Waals surface area contributed by atoms with Crippen molar-refractivity contribution < 1.29 is 14.3 Å². The number of hydrogen-bond donors (Lipinski definition) is 1. The van der Waals surface area contributed by atoms with Gasteiger partial charge < -0.3 is 10.1 Å². The minimum atomic E-state index is -0.365. The number of amides is 1. The molecule has 140 valence electrons. The lowest BCUT2D eigenvalue weighted by Gasteiger charge is -2.09. The fourth-order valence-electron chi connectivity index (χ4n) is 2.66. The maximum absolute atomic E-state index is 12.4. The Morgan fingerprint density at radius 1 is 1.11 bits per heavy atom. The molecule has 3 aromatic rings. The molecule has 0 saturated carbocycles. The van der Waals surface area contributed by atoms with Crippen LogP contribution in [0.15, 0.2) is 60.8 Å². The molecule has 1 amide bonds. The van der Waals surface area contributed by atoms with E-state index in [4.69, 9.17) is 4.74 Å². The van der Waals surface area contributed by atoms with Crippen LogP contribution in [0.1, 0.15) is 28.8 Å². The van der Waals surface area contributed by atoms with Crippen molar-refractivity contribution in [1.82, 2.24) is 9.78 Å². The van der Waals surface area contributed by atoms with Gasteiger partial charge in [-0.25, -0.2) is 4.68 Å². The Bertz CT molecular complexity index is 1020. The molecule has 2 aromatic carbocycles. The number of anilines is 1. The highest BCUT2D eigenvalue weighted by Gasteiger charge is 2.16. The summed E-state index contributed by atoms with van der Waals surface area (Å²) in [5.74, 6) is 0.439. The van der Waals surface area contributed by atoms with Crippen molar-refractivity contribution in [2.24, 2.45) is 0 Å². The fraction of sp³-hybridized carbons (Fsp3) is 0.143. The molecule has 0 atom stereocenters. The summed E-state index contributed by atoms with van der Waals surface area (Å²) in [6.45, 7) is 0. The maximum atomic E-state index is 12.4. The van der Waals surface area contributed by atoms with Gasteiger partial charge in [0.05, 0.1) is 19.0 Å². The number of nitrogens with one attached hydrogen (secondary N) is 1. The summed E-state index contributed by atoms with van der Waals surface area (Å²) in [5, 5.41) is 16.2. The van der Waals surface area contributed by atoms with Crippen LogP contribution >= 0.6 is 0 Å². The third-order valence-corrected chi connectivity index (χ3v) is 4.14. The van der Waals surface area contributed by atoms with Gasteiger partial charge in [0.1, 0.15) is 17.4 Å². The van der Waals surface area contributed by atoms with Crippen LogP contribution in [0.5, 0.6) is 5.75 Å². The van der Waals surface area contributed by atoms with Crippen molar-refractivity contribution in [3.8, 4) is 17.5 Å². The summed E-state index contributed by atoms with van der Waals surface area (Å²) in [4.78, 5) is 24.6. The maximum Gasteiger partial charge on any atom is 0.226 e. The zero-order valence-electron chi connectivity index (χ0n) is 15.3. The third kappa shape index (κ3) is 4.24. The van der Waals surface area contributed by atoms with E-state index in [0.717, 1.165) is 0 Å². The molecule has 0 fully saturated rings. The molecule has 0 aliphatic carbocycles. The number of aromatic nitrogens is 2. The molecule has 0 saturated heterocycles. The first-order valence-corrected chi connectivity index (χ1v) is 8.63. The zero-order valence-corrected chi connectivity index (χ0v) is 15.3. The molecule has 0 aliphatic heterocycles. The standard InChI is InChI=1S/C21H18N4O3/c1-28-18-9-7-15(8-10-18)19(26)11-12-20(27)24-21-16(13-22)14-23-25(21)17-5-3-2-4-6-17/h2-10,14H,11-12H2,1H3,(H,24,27). The zero-order chi connectivity index (χ0) is 19.9. The van der Waals surface area contributed by atoms with Gasteiger partial charge in [-0.15, -0.1) is 0 Å². The molecule has 1 heterocycles. The summed E-state index contributed by atoms with van der Waals surface area (Å²) in [6.07, 6.45) is 1.44. The number of hydrogen-bond acceptors (Lipinski definition) is 5. The number of ether oxygens (including phenoxy) is 1. The van der Waals surface area contributed by atoms with E-state index in [0.29, 0.717) is 17.0 Å². The van der Waals surface area contributed by atoms with Crippen LogP contribution in [0.2, 0.25) is 0 Å². The normalized spacial score (nSPS) is 10.1. The number of nitrogens with zero attached hydrogens (tertiary/aromatic N) is 3. The first-order chi connectivity index (χ1) is 13.6. The van der Waals surface area contributed by atoms with Gasteiger partial charge >= 0.3 is 0 Å². The van der Waals surface area contributed by atoms with E-state index < -0.39 is 0 Å². The molecule has 3 rings (SSSR count). The predicted octanol–water partition coefficient (Wildman–Crippen LogP) is 3.35. The Balaban J connectivity index is 1.67. The Hall–Kier alpha value is -3.92. The second-order valence-corrected chi connectivity index (χ2v) is 5.97. The number of rotatable bonds is 7. The molecule has 0 unspecified atom stereocenters. The molecule has 0 spiro atoms. The van der Waals surface area contributed by atoms with E-state index in [9.17, 15) is 14.9 Å². The number of carbonyl (C=O) groups excluding carboxylic acids is 2. The van der Waals surface area contributed by atoms with Crippen molar-refractivity contribution in [3.63, 3.8) is 0 Å². The summed E-state index contributed by atoms with van der Waals surface area (Å²) < 4.78 is 6.55. The van der Waals surface area contributed by atoms with Crippen LogP contribution in [-0.4, -0.2) is 28.6 Å². The van der Waals surface area contributed by atoms with Gasteiger partial charge in [0, 0.05) is 18.4 Å². The van der Waals surface area contributed by atoms with Crippen LogP contribution in [0.3, 0.4) is 0 Å². The summed E-state index contributed by atoms with van der Waals surface area (Å²) in [7, 11) is 1.55. The number of benzene rings is 2. The quantitative estimate of drug-likeness (QED) is 0.640. The third-order valence-electron chi connectivity index (χ3n) is 4.14. The minimum absolute atomic E-state index is 0.00427. The highest BCUT2D eigenvalue weighted by molar-refractivity contribution is 6.00. The van der Waals surface area contributed by atoms with Gasteiger partial charge in [-0.05, 0) is 36.4 Å². The monoisotopic (exact) mass is 374 g/mol. The first kappa shape index (κ1) is 18.9. The van der Waals surface area contributed by atoms with Gasteiger partial charge in [-0.3, -0.25) is 9.59 Å². The second kappa shape index (κ2) is 8.64. The Labute approximate surface area is 162 Å². The number of carbonyl (C=O) groups is 2. The lowest BCUT2D eigenvalue weighted by atomic mass is 10.1. The van der Waals surface area contributed by atoms with Crippen molar-refractivity contribution in [3.05, 3.63) is 71.9 Å². The molecule has 0 bridgehead atoms. The van der Waals surface area contributed by atoms with Gasteiger partial charge in [0.15, 0.2) is 11.6 Å². The van der Waals surface area contributed by atoms with Crippen LogP contribution in [0.4, 0.5) is 5.82 Å². The summed E-state index contributed by atoms with van der Waals surface area (Å²) in [6, 6.07) is 17.9. The largest absolute Gasteiger partial charge is 0.497 e. The van der Waals surface area contributed by atoms with Crippen LogP contribution < -0.4 is 10.1 Å². The number of ketones is 1. The van der Waals surface area contributed by atoms with E-state index in [-0.39, 0.29) is 35.9 Å². The van der Waals surface area contributed by atoms with Gasteiger partial charge in [0.25, 0.3) is 0 Å². The molecule has 1 aromatic heterocycles. The van der Waals surface area contributed by atoms with Crippen molar-refractivity contribution in [2.45, 2.75) is 12.8 Å². The minimum Gasteiger partial charge on any atom is -0.497 e. The van der Waals surface area contributed by atoms with Crippen molar-refractivity contribution in [1.29, 1.82) is 5.26 Å². The highest BCUT2D eigenvalue weighted by Crippen LogP contribution is 2.20. The van der Waals surface area contributed by atoms with Gasteiger partial charge in [-0.1, -0.05) is 18.2 Å². The molecule has 7 nitrogen and oxygen atoms in total. The number of Topliss-reactive ketones (excluding diaryl/α,β-unsaturated/α-hetero) is 1. The summed E-state index contributed by atoms with van der Waals surface area (Å²) >= 11 is 0. The van der Waals surface area contributed by atoms with Crippen LogP contribution in [0.25, 0.3) is 5.69 Å². The molecule has 1 N–H and O–H groups in total. The number of methoxy groups -OCH3 is 1. The summed E-state index contributed by atoms with van der Waals surface area (Å²) in [5.41, 5.74) is 1.48. The lowest BCUT2D eigenvalue weighted by molar-refractivity contribution is -0.116. The van der Waals surface area contributed by atoms with Gasteiger partial charge in [0.2, 0.25) is 5.91 Å². The number of nitriles is 1.